The first-order valence-electron chi connectivity index (χ1n) is 7.38. The highest BCUT2D eigenvalue weighted by Gasteiger charge is 2.27. The van der Waals surface area contributed by atoms with Crippen molar-refractivity contribution in [3.63, 3.8) is 0 Å². The van der Waals surface area contributed by atoms with E-state index in [0.29, 0.717) is 5.50 Å². The molecule has 106 valence electrons. The van der Waals surface area contributed by atoms with Gasteiger partial charge in [-0.25, -0.2) is 0 Å². The number of benzene rings is 2. The average Bonchev–Trinajstić information content (AvgIpc) is 3.05. The minimum Gasteiger partial charge on any atom is -0.360 e. The zero-order valence-electron chi connectivity index (χ0n) is 11.8. The van der Waals surface area contributed by atoms with E-state index in [0.717, 1.165) is 19.5 Å². The standard InChI is InChI=1S/C18H18N2S/c1-2-7-15(8-3-1)17-13-21-18(19-17)20-11-10-14-6-4-5-9-16(14)12-20/h1-9,13,18-19H,10-12H2. The molecule has 1 N–H and O–H groups in total. The van der Waals surface area contributed by atoms with Crippen LogP contribution in [0.1, 0.15) is 16.7 Å². The van der Waals surface area contributed by atoms with Crippen LogP contribution < -0.4 is 5.32 Å². The molecule has 2 aliphatic heterocycles. The lowest BCUT2D eigenvalue weighted by Crippen LogP contribution is -2.43. The highest BCUT2D eigenvalue weighted by Crippen LogP contribution is 2.31. The van der Waals surface area contributed by atoms with Gasteiger partial charge < -0.3 is 5.32 Å². The summed E-state index contributed by atoms with van der Waals surface area (Å²) in [5, 5.41) is 5.91. The molecule has 0 fully saturated rings. The van der Waals surface area contributed by atoms with Crippen molar-refractivity contribution in [1.82, 2.24) is 10.2 Å². The van der Waals surface area contributed by atoms with Gasteiger partial charge in [0.15, 0.2) is 0 Å². The molecule has 0 spiro atoms. The van der Waals surface area contributed by atoms with Crippen LogP contribution in [-0.2, 0) is 13.0 Å². The fourth-order valence-corrected chi connectivity index (χ4v) is 4.01. The van der Waals surface area contributed by atoms with Crippen molar-refractivity contribution in [2.75, 3.05) is 6.54 Å². The molecular weight excluding hydrogens is 276 g/mol. The summed E-state index contributed by atoms with van der Waals surface area (Å²) in [6.07, 6.45) is 1.15. The second-order valence-corrected chi connectivity index (χ2v) is 6.47. The van der Waals surface area contributed by atoms with Crippen molar-refractivity contribution >= 4 is 17.5 Å². The Labute approximate surface area is 129 Å². The fraction of sp³-hybridized carbons (Fsp3) is 0.222. The zero-order valence-corrected chi connectivity index (χ0v) is 12.6. The highest BCUT2D eigenvalue weighted by molar-refractivity contribution is 8.03. The number of hydrogen-bond donors (Lipinski definition) is 1. The molecule has 3 heteroatoms. The Morgan fingerprint density at radius 1 is 0.952 bits per heavy atom. The van der Waals surface area contributed by atoms with Crippen molar-refractivity contribution in [1.29, 1.82) is 0 Å². The Hall–Kier alpha value is -1.71. The van der Waals surface area contributed by atoms with Crippen molar-refractivity contribution in [3.05, 3.63) is 76.7 Å². The number of hydrogen-bond acceptors (Lipinski definition) is 3. The number of nitrogens with zero attached hydrogens (tertiary/aromatic N) is 1. The van der Waals surface area contributed by atoms with E-state index in [-0.39, 0.29) is 0 Å². The van der Waals surface area contributed by atoms with Gasteiger partial charge in [0, 0.05) is 18.8 Å². The molecule has 2 aromatic rings. The average molecular weight is 294 g/mol. The first kappa shape index (κ1) is 13.0. The summed E-state index contributed by atoms with van der Waals surface area (Å²) in [5.41, 5.74) is 5.84. The maximum absolute atomic E-state index is 3.66. The molecule has 0 saturated heterocycles. The van der Waals surface area contributed by atoms with Crippen LogP contribution in [0.4, 0.5) is 0 Å². The van der Waals surface area contributed by atoms with Crippen molar-refractivity contribution in [2.45, 2.75) is 18.5 Å². The zero-order chi connectivity index (χ0) is 14.1. The van der Waals surface area contributed by atoms with Gasteiger partial charge in [-0.1, -0.05) is 66.4 Å². The fourth-order valence-electron chi connectivity index (χ4n) is 3.00. The molecule has 0 aliphatic carbocycles. The van der Waals surface area contributed by atoms with Crippen LogP contribution in [0.5, 0.6) is 0 Å². The molecule has 2 nitrogen and oxygen atoms in total. The minimum atomic E-state index is 0.355. The Bertz CT molecular complexity index is 666. The second-order valence-electron chi connectivity index (χ2n) is 5.52. The maximum atomic E-state index is 3.66. The smallest absolute Gasteiger partial charge is 0.132 e. The monoisotopic (exact) mass is 294 g/mol. The molecule has 4 rings (SSSR count). The molecule has 2 aliphatic rings. The van der Waals surface area contributed by atoms with Gasteiger partial charge in [-0.05, 0) is 28.5 Å². The predicted octanol–water partition coefficient (Wildman–Crippen LogP) is 3.66. The third-order valence-electron chi connectivity index (χ3n) is 4.17. The number of nitrogens with one attached hydrogen (secondary N) is 1. The van der Waals surface area contributed by atoms with Crippen LogP contribution in [0.15, 0.2) is 60.0 Å². The van der Waals surface area contributed by atoms with E-state index in [1.807, 2.05) is 11.8 Å². The van der Waals surface area contributed by atoms with Gasteiger partial charge >= 0.3 is 0 Å². The van der Waals surface area contributed by atoms with Gasteiger partial charge in [0.2, 0.25) is 0 Å². The topological polar surface area (TPSA) is 15.3 Å². The Balaban J connectivity index is 1.46. The van der Waals surface area contributed by atoms with Crippen LogP contribution in [0.2, 0.25) is 0 Å². The van der Waals surface area contributed by atoms with E-state index < -0.39 is 0 Å². The first-order chi connectivity index (χ1) is 10.4. The summed E-state index contributed by atoms with van der Waals surface area (Å²) < 4.78 is 0. The number of thioether (sulfide) groups is 1. The van der Waals surface area contributed by atoms with Gasteiger partial charge in [0.05, 0.1) is 0 Å². The van der Waals surface area contributed by atoms with Gasteiger partial charge in [-0.2, -0.15) is 0 Å². The predicted molar refractivity (Wildman–Crippen MR) is 89.5 cm³/mol. The van der Waals surface area contributed by atoms with Crippen LogP contribution in [0.25, 0.3) is 5.70 Å². The largest absolute Gasteiger partial charge is 0.360 e. The lowest BCUT2D eigenvalue weighted by atomic mass is 10.0. The van der Waals surface area contributed by atoms with E-state index in [1.165, 1.54) is 22.4 Å². The second kappa shape index (κ2) is 5.58. The minimum absolute atomic E-state index is 0.355. The van der Waals surface area contributed by atoms with Gasteiger partial charge in [-0.15, -0.1) is 0 Å². The van der Waals surface area contributed by atoms with Gasteiger partial charge in [-0.3, -0.25) is 4.90 Å². The summed E-state index contributed by atoms with van der Waals surface area (Å²) in [5.74, 6) is 0. The molecule has 2 heterocycles. The normalized spacial score (nSPS) is 21.5. The molecule has 1 atom stereocenters. The Morgan fingerprint density at radius 2 is 1.71 bits per heavy atom. The maximum Gasteiger partial charge on any atom is 0.132 e. The van der Waals surface area contributed by atoms with Crippen LogP contribution in [0, 0.1) is 0 Å². The summed E-state index contributed by atoms with van der Waals surface area (Å²) in [4.78, 5) is 2.53. The van der Waals surface area contributed by atoms with Crippen molar-refractivity contribution in [3.8, 4) is 0 Å². The molecule has 0 radical (unpaired) electrons. The molecule has 2 aromatic carbocycles. The van der Waals surface area contributed by atoms with Gasteiger partial charge in [0.1, 0.15) is 5.50 Å². The lowest BCUT2D eigenvalue weighted by molar-refractivity contribution is 0.226. The lowest BCUT2D eigenvalue weighted by Gasteiger charge is -2.33. The van der Waals surface area contributed by atoms with Crippen LogP contribution in [-0.4, -0.2) is 16.9 Å². The summed E-state index contributed by atoms with van der Waals surface area (Å²) in [6.45, 7) is 2.16. The Kier molecular flexibility index (Phi) is 3.45. The molecule has 0 bridgehead atoms. The van der Waals surface area contributed by atoms with E-state index in [9.17, 15) is 0 Å². The molecule has 0 amide bonds. The van der Waals surface area contributed by atoms with E-state index in [4.69, 9.17) is 0 Å². The van der Waals surface area contributed by atoms with Crippen LogP contribution in [0.3, 0.4) is 0 Å². The van der Waals surface area contributed by atoms with E-state index in [2.05, 4.69) is 70.2 Å². The summed E-state index contributed by atoms with van der Waals surface area (Å²) >= 11 is 1.88. The first-order valence-corrected chi connectivity index (χ1v) is 8.33. The number of fused-ring (bicyclic) bond motifs is 1. The summed E-state index contributed by atoms with van der Waals surface area (Å²) in [6, 6.07) is 19.4. The third-order valence-corrected chi connectivity index (χ3v) is 5.22. The van der Waals surface area contributed by atoms with Crippen molar-refractivity contribution < 1.29 is 0 Å². The van der Waals surface area contributed by atoms with E-state index >= 15 is 0 Å². The molecule has 21 heavy (non-hydrogen) atoms. The van der Waals surface area contributed by atoms with Crippen LogP contribution >= 0.6 is 11.8 Å². The molecule has 0 aromatic heterocycles. The summed E-state index contributed by atoms with van der Waals surface area (Å²) in [7, 11) is 0. The molecular formula is C18H18N2S. The van der Waals surface area contributed by atoms with Gasteiger partial charge in [0.25, 0.3) is 0 Å². The molecule has 1 unspecified atom stereocenters. The SMILES string of the molecule is C1=C(c2ccccc2)NC(N2CCc3ccccc3C2)S1. The number of rotatable bonds is 2. The third kappa shape index (κ3) is 2.59. The van der Waals surface area contributed by atoms with E-state index in [1.54, 1.807) is 0 Å². The molecule has 0 saturated carbocycles. The highest BCUT2D eigenvalue weighted by atomic mass is 32.2. The van der Waals surface area contributed by atoms with Crippen molar-refractivity contribution in [2.24, 2.45) is 0 Å². The Morgan fingerprint density at radius 3 is 2.57 bits per heavy atom. The quantitative estimate of drug-likeness (QED) is 0.910.